The Balaban J connectivity index is 2.78. The number of aromatic nitrogens is 3. The van der Waals surface area contributed by atoms with Gasteiger partial charge in [0.15, 0.2) is 5.16 Å². The smallest absolute Gasteiger partial charge is 0.343 e. The van der Waals surface area contributed by atoms with Crippen molar-refractivity contribution in [3.63, 3.8) is 0 Å². The highest BCUT2D eigenvalue weighted by atomic mass is 32.2. The molecule has 0 spiro atoms. The average Bonchev–Trinajstić information content (AvgIpc) is 2.66. The maximum absolute atomic E-state index is 11.8. The molecular weight excluding hydrogens is 252 g/mol. The lowest BCUT2D eigenvalue weighted by atomic mass is 10.3. The van der Waals surface area contributed by atoms with Crippen molar-refractivity contribution in [3.05, 3.63) is 10.5 Å². The molecule has 7 heteroatoms. The number of hydrogen-bond donors (Lipinski definition) is 1. The van der Waals surface area contributed by atoms with Crippen molar-refractivity contribution in [2.24, 2.45) is 0 Å². The Bertz CT molecular complexity index is 452. The summed E-state index contributed by atoms with van der Waals surface area (Å²) in [6.07, 6.45) is 1.93. The van der Waals surface area contributed by atoms with Crippen molar-refractivity contribution < 1.29 is 4.79 Å². The van der Waals surface area contributed by atoms with Gasteiger partial charge in [-0.15, -0.1) is 5.10 Å². The Labute approximate surface area is 111 Å². The van der Waals surface area contributed by atoms with Gasteiger partial charge in [0.05, 0.1) is 5.25 Å². The van der Waals surface area contributed by atoms with Gasteiger partial charge in [0.2, 0.25) is 5.91 Å². The van der Waals surface area contributed by atoms with Gasteiger partial charge in [-0.1, -0.05) is 25.1 Å². The molecule has 0 aliphatic carbocycles. The van der Waals surface area contributed by atoms with Crippen molar-refractivity contribution in [1.82, 2.24) is 19.7 Å². The van der Waals surface area contributed by atoms with Crippen molar-refractivity contribution in [3.8, 4) is 0 Å². The van der Waals surface area contributed by atoms with Gasteiger partial charge < -0.3 is 4.90 Å². The molecule has 0 saturated heterocycles. The van der Waals surface area contributed by atoms with Crippen molar-refractivity contribution in [1.29, 1.82) is 0 Å². The maximum Gasteiger partial charge on any atom is 0.343 e. The Morgan fingerprint density at radius 3 is 2.78 bits per heavy atom. The van der Waals surface area contributed by atoms with Crippen LogP contribution in [-0.4, -0.2) is 44.9 Å². The van der Waals surface area contributed by atoms with Crippen LogP contribution in [0.15, 0.2) is 9.95 Å². The van der Waals surface area contributed by atoms with Crippen molar-refractivity contribution >= 4 is 17.7 Å². The lowest BCUT2D eigenvalue weighted by molar-refractivity contribution is -0.127. The van der Waals surface area contributed by atoms with Crippen molar-refractivity contribution in [2.75, 3.05) is 14.1 Å². The number of carbonyl (C=O) groups excluding carboxylic acids is 1. The number of amides is 1. The highest BCUT2D eigenvalue weighted by Crippen LogP contribution is 2.21. The first-order chi connectivity index (χ1) is 8.47. The first kappa shape index (κ1) is 14.8. The fourth-order valence-corrected chi connectivity index (χ4v) is 2.51. The predicted octanol–water partition coefficient (Wildman–Crippen LogP) is 0.940. The molecule has 1 atom stereocenters. The third-order valence-electron chi connectivity index (χ3n) is 2.53. The highest BCUT2D eigenvalue weighted by Gasteiger charge is 2.19. The van der Waals surface area contributed by atoms with Crippen LogP contribution in [0.1, 0.15) is 26.7 Å². The zero-order valence-corrected chi connectivity index (χ0v) is 12.1. The molecule has 1 heterocycles. The number of aromatic amines is 1. The molecular formula is C11H20N4O2S. The predicted molar refractivity (Wildman–Crippen MR) is 71.8 cm³/mol. The zero-order valence-electron chi connectivity index (χ0n) is 11.3. The highest BCUT2D eigenvalue weighted by molar-refractivity contribution is 8.00. The number of hydrogen-bond acceptors (Lipinski definition) is 4. The Morgan fingerprint density at radius 1 is 1.56 bits per heavy atom. The molecule has 102 valence electrons. The van der Waals surface area contributed by atoms with E-state index in [1.807, 2.05) is 6.92 Å². The second-order valence-corrected chi connectivity index (χ2v) is 5.62. The second kappa shape index (κ2) is 6.63. The maximum atomic E-state index is 11.8. The van der Waals surface area contributed by atoms with E-state index in [-0.39, 0.29) is 16.8 Å². The van der Waals surface area contributed by atoms with E-state index in [0.717, 1.165) is 12.8 Å². The van der Waals surface area contributed by atoms with Crippen LogP contribution in [-0.2, 0) is 11.3 Å². The van der Waals surface area contributed by atoms with Gasteiger partial charge in [-0.2, -0.15) is 0 Å². The summed E-state index contributed by atoms with van der Waals surface area (Å²) in [6.45, 7) is 4.52. The molecule has 0 bridgehead atoms. The first-order valence-corrected chi connectivity index (χ1v) is 6.88. The molecule has 0 aliphatic rings. The largest absolute Gasteiger partial charge is 0.348 e. The van der Waals surface area contributed by atoms with Crippen LogP contribution in [0, 0.1) is 0 Å². The number of rotatable bonds is 6. The SMILES string of the molecule is CCCCn1c(S[C@H](C)C(=O)N(C)C)n[nH]c1=O. The Hall–Kier alpha value is -1.24. The number of unbranched alkanes of at least 4 members (excludes halogenated alkanes) is 1. The van der Waals surface area contributed by atoms with Crippen molar-refractivity contribution in [2.45, 2.75) is 43.6 Å². The van der Waals surface area contributed by atoms with Crippen LogP contribution in [0.4, 0.5) is 0 Å². The van der Waals surface area contributed by atoms with E-state index in [4.69, 9.17) is 0 Å². The molecule has 0 saturated carbocycles. The van der Waals surface area contributed by atoms with Gasteiger partial charge in [0, 0.05) is 20.6 Å². The average molecular weight is 272 g/mol. The number of nitrogens with one attached hydrogen (secondary N) is 1. The molecule has 0 fully saturated rings. The number of H-pyrrole nitrogens is 1. The number of thioether (sulfide) groups is 1. The lowest BCUT2D eigenvalue weighted by Crippen LogP contribution is -2.30. The summed E-state index contributed by atoms with van der Waals surface area (Å²) in [5.74, 6) is 0.0116. The fourth-order valence-electron chi connectivity index (χ4n) is 1.48. The summed E-state index contributed by atoms with van der Waals surface area (Å²) in [6, 6.07) is 0. The van der Waals surface area contributed by atoms with E-state index in [1.54, 1.807) is 23.6 Å². The second-order valence-electron chi connectivity index (χ2n) is 4.31. The van der Waals surface area contributed by atoms with Gasteiger partial charge in [-0.3, -0.25) is 9.36 Å². The van der Waals surface area contributed by atoms with E-state index in [1.165, 1.54) is 11.8 Å². The topological polar surface area (TPSA) is 71.0 Å². The molecule has 0 aliphatic heterocycles. The fraction of sp³-hybridized carbons (Fsp3) is 0.727. The zero-order chi connectivity index (χ0) is 13.7. The van der Waals surface area contributed by atoms with Crippen LogP contribution in [0.5, 0.6) is 0 Å². The summed E-state index contributed by atoms with van der Waals surface area (Å²) in [7, 11) is 3.43. The molecule has 1 aromatic heterocycles. The minimum absolute atomic E-state index is 0.0116. The molecule has 0 unspecified atom stereocenters. The summed E-state index contributed by atoms with van der Waals surface area (Å²) in [5, 5.41) is 6.73. The molecule has 18 heavy (non-hydrogen) atoms. The Kier molecular flexibility index (Phi) is 5.46. The van der Waals surface area contributed by atoms with E-state index in [2.05, 4.69) is 17.1 Å². The van der Waals surface area contributed by atoms with E-state index >= 15 is 0 Å². The first-order valence-electron chi connectivity index (χ1n) is 6.00. The minimum atomic E-state index is -0.254. The Morgan fingerprint density at radius 2 is 2.22 bits per heavy atom. The third kappa shape index (κ3) is 3.63. The number of carbonyl (C=O) groups is 1. The van der Waals surface area contributed by atoms with E-state index in [0.29, 0.717) is 11.7 Å². The van der Waals surface area contributed by atoms with Gasteiger partial charge >= 0.3 is 5.69 Å². The van der Waals surface area contributed by atoms with Gasteiger partial charge in [-0.05, 0) is 13.3 Å². The summed E-state index contributed by atoms with van der Waals surface area (Å²) >= 11 is 1.31. The van der Waals surface area contributed by atoms with Gasteiger partial charge in [0.1, 0.15) is 0 Å². The summed E-state index contributed by atoms with van der Waals surface area (Å²) in [5.41, 5.74) is -0.213. The molecule has 1 aromatic rings. The molecule has 6 nitrogen and oxygen atoms in total. The van der Waals surface area contributed by atoms with Crippen LogP contribution < -0.4 is 5.69 Å². The normalized spacial score (nSPS) is 12.4. The monoisotopic (exact) mass is 272 g/mol. The van der Waals surface area contributed by atoms with E-state index in [9.17, 15) is 9.59 Å². The molecule has 1 N–H and O–H groups in total. The van der Waals surface area contributed by atoms with Gasteiger partial charge in [0.25, 0.3) is 0 Å². The quantitative estimate of drug-likeness (QED) is 0.782. The van der Waals surface area contributed by atoms with Crippen LogP contribution >= 0.6 is 11.8 Å². The molecule has 0 radical (unpaired) electrons. The number of nitrogens with zero attached hydrogens (tertiary/aromatic N) is 3. The molecule has 1 amide bonds. The van der Waals surface area contributed by atoms with Crippen LogP contribution in [0.3, 0.4) is 0 Å². The summed E-state index contributed by atoms with van der Waals surface area (Å²) in [4.78, 5) is 24.9. The van der Waals surface area contributed by atoms with Crippen LogP contribution in [0.2, 0.25) is 0 Å². The molecule has 1 rings (SSSR count). The van der Waals surface area contributed by atoms with Gasteiger partial charge in [-0.25, -0.2) is 9.89 Å². The van der Waals surface area contributed by atoms with E-state index < -0.39 is 0 Å². The van der Waals surface area contributed by atoms with Crippen LogP contribution in [0.25, 0.3) is 0 Å². The standard InChI is InChI=1S/C11H20N4O2S/c1-5-6-7-15-10(17)12-13-11(15)18-8(2)9(16)14(3)4/h8H,5-7H2,1-4H3,(H,12,17)/t8-/m1/s1. The molecule has 0 aromatic carbocycles. The summed E-state index contributed by atoms with van der Waals surface area (Å²) < 4.78 is 1.59. The third-order valence-corrected chi connectivity index (χ3v) is 3.61. The minimum Gasteiger partial charge on any atom is -0.348 e. The lowest BCUT2D eigenvalue weighted by Gasteiger charge is -2.15.